The van der Waals surface area contributed by atoms with E-state index in [0.717, 1.165) is 38.5 Å². The molecule has 1 aliphatic rings. The normalized spacial score (nSPS) is 18.3. The topological polar surface area (TPSA) is 149 Å². The Morgan fingerprint density at radius 2 is 0.679 bits per heavy atom. The van der Waals surface area contributed by atoms with Crippen molar-refractivity contribution in [3.8, 4) is 0 Å². The average molecular weight is 1150 g/mol. The summed E-state index contributed by atoms with van der Waals surface area (Å²) >= 11 is 0. The predicted octanol–water partition coefficient (Wildman–Crippen LogP) is 19.9. The molecule has 0 aliphatic carbocycles. The Hall–Kier alpha value is -1.07. The zero-order valence-electron chi connectivity index (χ0n) is 54.1. The van der Waals surface area contributed by atoms with Crippen LogP contribution in [0, 0.1) is 0 Å². The quantitative estimate of drug-likeness (QED) is 0.0261. The molecule has 9 nitrogen and oxygen atoms in total. The van der Waals surface area contributed by atoms with E-state index in [0.29, 0.717) is 6.42 Å². The number of nitrogens with one attached hydrogen (secondary N) is 1. The van der Waals surface area contributed by atoms with Crippen molar-refractivity contribution in [1.82, 2.24) is 5.32 Å². The highest BCUT2D eigenvalue weighted by atomic mass is 16.7. The summed E-state index contributed by atoms with van der Waals surface area (Å²) in [4.78, 5) is 13.1. The van der Waals surface area contributed by atoms with Crippen molar-refractivity contribution < 1.29 is 39.8 Å². The first kappa shape index (κ1) is 77.9. The van der Waals surface area contributed by atoms with Crippen molar-refractivity contribution >= 4 is 5.91 Å². The average Bonchev–Trinajstić information content (AvgIpc) is 3.50. The predicted molar refractivity (Wildman–Crippen MR) is 346 cm³/mol. The molecule has 1 aliphatic heterocycles. The SMILES string of the molecule is CCCCCCCCCCCCCCCCCCCCCCCCCCC/C=C/C(O)C(COC1OC(CO)C(O)C(O)C1O)NC(=O)CCCCCCCCCCCCCCCCCCCCCCCCCCCCCCCCC. The van der Waals surface area contributed by atoms with Gasteiger partial charge in [0.25, 0.3) is 0 Å². The Labute approximate surface area is 503 Å². The molecule has 81 heavy (non-hydrogen) atoms. The number of aliphatic hydroxyl groups excluding tert-OH is 5. The molecule has 1 heterocycles. The molecule has 1 fully saturated rings. The van der Waals surface area contributed by atoms with Crippen molar-refractivity contribution in [1.29, 1.82) is 0 Å². The van der Waals surface area contributed by atoms with Crippen LogP contribution in [0.15, 0.2) is 12.2 Å². The van der Waals surface area contributed by atoms with Crippen LogP contribution in [-0.4, -0.2) is 87.5 Å². The number of carbonyl (C=O) groups is 1. The maximum absolute atomic E-state index is 13.1. The smallest absolute Gasteiger partial charge is 0.220 e. The molecule has 0 aromatic heterocycles. The van der Waals surface area contributed by atoms with E-state index < -0.39 is 49.5 Å². The Morgan fingerprint density at radius 3 is 0.963 bits per heavy atom. The van der Waals surface area contributed by atoms with E-state index in [2.05, 4.69) is 19.2 Å². The van der Waals surface area contributed by atoms with Gasteiger partial charge < -0.3 is 40.3 Å². The molecule has 1 amide bonds. The second-order valence-electron chi connectivity index (χ2n) is 25.8. The number of hydrogen-bond acceptors (Lipinski definition) is 8. The fourth-order valence-electron chi connectivity index (χ4n) is 12.2. The van der Waals surface area contributed by atoms with Crippen LogP contribution in [0.3, 0.4) is 0 Å². The van der Waals surface area contributed by atoms with Crippen LogP contribution in [0.4, 0.5) is 0 Å². The minimum absolute atomic E-state index is 0.166. The fourth-order valence-corrected chi connectivity index (χ4v) is 12.2. The molecule has 0 spiro atoms. The third kappa shape index (κ3) is 50.8. The van der Waals surface area contributed by atoms with Crippen LogP contribution in [0.1, 0.15) is 386 Å². The lowest BCUT2D eigenvalue weighted by atomic mass is 9.99. The number of rotatable bonds is 65. The highest BCUT2D eigenvalue weighted by molar-refractivity contribution is 5.76. The van der Waals surface area contributed by atoms with E-state index in [9.17, 15) is 30.3 Å². The summed E-state index contributed by atoms with van der Waals surface area (Å²) in [6.07, 6.45) is 73.3. The first-order valence-corrected chi connectivity index (χ1v) is 36.4. The molecular weight excluding hydrogens is 1010 g/mol. The van der Waals surface area contributed by atoms with Crippen molar-refractivity contribution in [3.63, 3.8) is 0 Å². The number of carbonyl (C=O) groups excluding carboxylic acids is 1. The fraction of sp³-hybridized carbons (Fsp3) is 0.958. The molecule has 1 saturated heterocycles. The molecule has 6 N–H and O–H groups in total. The molecule has 482 valence electrons. The van der Waals surface area contributed by atoms with E-state index in [1.807, 2.05) is 6.08 Å². The van der Waals surface area contributed by atoms with Gasteiger partial charge in [-0.25, -0.2) is 0 Å². The van der Waals surface area contributed by atoms with Crippen LogP contribution in [0.25, 0.3) is 0 Å². The van der Waals surface area contributed by atoms with E-state index in [4.69, 9.17) is 9.47 Å². The minimum Gasteiger partial charge on any atom is -0.394 e. The number of allylic oxidation sites excluding steroid dienone is 1. The third-order valence-corrected chi connectivity index (χ3v) is 17.9. The van der Waals surface area contributed by atoms with Crippen molar-refractivity contribution in [3.05, 3.63) is 12.2 Å². The molecule has 0 radical (unpaired) electrons. The summed E-state index contributed by atoms with van der Waals surface area (Å²) in [6.45, 7) is 3.85. The lowest BCUT2D eigenvalue weighted by Gasteiger charge is -2.40. The van der Waals surface area contributed by atoms with Gasteiger partial charge in [-0.15, -0.1) is 0 Å². The van der Waals surface area contributed by atoms with Gasteiger partial charge in [0, 0.05) is 6.42 Å². The Bertz CT molecular complexity index is 1280. The van der Waals surface area contributed by atoms with Crippen LogP contribution < -0.4 is 5.32 Å². The van der Waals surface area contributed by atoms with Gasteiger partial charge in [-0.1, -0.05) is 373 Å². The van der Waals surface area contributed by atoms with Gasteiger partial charge >= 0.3 is 0 Å². The standard InChI is InChI=1S/C72H141NO8/c1-3-5-7-9-11-13-15-17-19-21-23-25-27-29-31-32-33-34-36-38-40-42-44-46-48-50-52-54-56-58-60-62-68(76)73-65(64-80-72-71(79)70(78)69(77)67(63-74)81-72)66(75)61-59-57-55-53-51-49-47-45-43-41-39-37-35-30-28-26-24-22-20-18-16-14-12-10-8-6-4-2/h59,61,65-67,69-72,74-75,77-79H,3-58,60,62-64H2,1-2H3,(H,73,76)/b61-59+. The molecule has 0 bridgehead atoms. The number of aliphatic hydroxyl groups is 5. The van der Waals surface area contributed by atoms with E-state index in [-0.39, 0.29) is 12.5 Å². The molecule has 1 rings (SSSR count). The van der Waals surface area contributed by atoms with E-state index in [1.54, 1.807) is 6.08 Å². The number of amides is 1. The molecule has 7 atom stereocenters. The second-order valence-corrected chi connectivity index (χ2v) is 25.8. The van der Waals surface area contributed by atoms with E-state index in [1.165, 1.54) is 327 Å². The summed E-state index contributed by atoms with van der Waals surface area (Å²) in [7, 11) is 0. The summed E-state index contributed by atoms with van der Waals surface area (Å²) in [5.74, 6) is -0.166. The van der Waals surface area contributed by atoms with Gasteiger partial charge in [0.2, 0.25) is 5.91 Å². The van der Waals surface area contributed by atoms with Gasteiger partial charge in [-0.3, -0.25) is 4.79 Å². The second kappa shape index (κ2) is 62.0. The monoisotopic (exact) mass is 1150 g/mol. The Morgan fingerprint density at radius 1 is 0.407 bits per heavy atom. The Kier molecular flexibility index (Phi) is 59.7. The lowest BCUT2D eigenvalue weighted by molar-refractivity contribution is -0.302. The maximum atomic E-state index is 13.1. The summed E-state index contributed by atoms with van der Waals surface area (Å²) < 4.78 is 11.3. The molecule has 0 saturated carbocycles. The number of unbranched alkanes of at least 4 members (excludes halogenated alkanes) is 55. The van der Waals surface area contributed by atoms with Crippen LogP contribution in [0.2, 0.25) is 0 Å². The summed E-state index contributed by atoms with van der Waals surface area (Å²) in [5, 5.41) is 54.8. The lowest BCUT2D eigenvalue weighted by Crippen LogP contribution is -2.60. The molecular formula is C72H141NO8. The Balaban J connectivity index is 2.10. The van der Waals surface area contributed by atoms with Gasteiger partial charge in [0.05, 0.1) is 25.4 Å². The highest BCUT2D eigenvalue weighted by Gasteiger charge is 2.44. The highest BCUT2D eigenvalue weighted by Crippen LogP contribution is 2.24. The zero-order chi connectivity index (χ0) is 58.6. The van der Waals surface area contributed by atoms with Gasteiger partial charge in [0.1, 0.15) is 24.4 Å². The zero-order valence-corrected chi connectivity index (χ0v) is 54.1. The number of ether oxygens (including phenoxy) is 2. The first-order valence-electron chi connectivity index (χ1n) is 36.4. The molecule has 0 aromatic carbocycles. The summed E-state index contributed by atoms with van der Waals surface area (Å²) in [6, 6.07) is -0.802. The number of hydrogen-bond donors (Lipinski definition) is 6. The van der Waals surface area contributed by atoms with Gasteiger partial charge in [-0.2, -0.15) is 0 Å². The maximum Gasteiger partial charge on any atom is 0.220 e. The van der Waals surface area contributed by atoms with Crippen molar-refractivity contribution in [2.24, 2.45) is 0 Å². The molecule has 7 unspecified atom stereocenters. The van der Waals surface area contributed by atoms with Crippen molar-refractivity contribution in [2.45, 2.75) is 429 Å². The van der Waals surface area contributed by atoms with Crippen LogP contribution in [-0.2, 0) is 14.3 Å². The van der Waals surface area contributed by atoms with Crippen LogP contribution >= 0.6 is 0 Å². The van der Waals surface area contributed by atoms with E-state index >= 15 is 0 Å². The molecule has 9 heteroatoms. The van der Waals surface area contributed by atoms with Gasteiger partial charge in [0.15, 0.2) is 6.29 Å². The molecule has 0 aromatic rings. The minimum atomic E-state index is -1.56. The summed E-state index contributed by atoms with van der Waals surface area (Å²) in [5.41, 5.74) is 0. The van der Waals surface area contributed by atoms with Crippen molar-refractivity contribution in [2.75, 3.05) is 13.2 Å². The van der Waals surface area contributed by atoms with Crippen LogP contribution in [0.5, 0.6) is 0 Å². The third-order valence-electron chi connectivity index (χ3n) is 17.9. The van der Waals surface area contributed by atoms with Gasteiger partial charge in [-0.05, 0) is 19.3 Å². The first-order chi connectivity index (χ1) is 39.8. The largest absolute Gasteiger partial charge is 0.394 e.